The van der Waals surface area contributed by atoms with E-state index in [9.17, 15) is 24.6 Å². The molecule has 0 saturated carbocycles. The molecule has 1 heterocycles. The van der Waals surface area contributed by atoms with Gasteiger partial charge in [-0.2, -0.15) is 0 Å². The highest BCUT2D eigenvalue weighted by atomic mass is 32.1. The van der Waals surface area contributed by atoms with Crippen LogP contribution in [0.3, 0.4) is 0 Å². The molecule has 2 aromatic rings. The van der Waals surface area contributed by atoms with Crippen molar-refractivity contribution in [3.05, 3.63) is 24.3 Å². The molecule has 0 aliphatic carbocycles. The summed E-state index contributed by atoms with van der Waals surface area (Å²) in [6, 6.07) is 5.03. The minimum atomic E-state index is -1.30. The van der Waals surface area contributed by atoms with Gasteiger partial charge in [-0.25, -0.2) is 4.98 Å². The first-order valence-electron chi connectivity index (χ1n) is 8.13. The van der Waals surface area contributed by atoms with Crippen LogP contribution in [0.15, 0.2) is 24.3 Å². The minimum Gasteiger partial charge on any atom is -0.480 e. The first-order chi connectivity index (χ1) is 12.3. The lowest BCUT2D eigenvalue weighted by Crippen LogP contribution is -2.49. The van der Waals surface area contributed by atoms with Crippen molar-refractivity contribution in [2.75, 3.05) is 5.32 Å². The molecule has 1 aromatic heterocycles. The first kappa shape index (κ1) is 19.8. The number of nitrogens with one attached hydrogen (secondary N) is 2. The molecule has 8 nitrogen and oxygen atoms in total. The maximum Gasteiger partial charge on any atom is 0.321 e. The number of thiazole rings is 1. The van der Waals surface area contributed by atoms with E-state index < -0.39 is 36.4 Å². The third-order valence-electron chi connectivity index (χ3n) is 3.64. The van der Waals surface area contributed by atoms with Crippen LogP contribution in [0.5, 0.6) is 0 Å². The van der Waals surface area contributed by atoms with E-state index in [-0.39, 0.29) is 12.3 Å². The monoisotopic (exact) mass is 379 g/mol. The largest absolute Gasteiger partial charge is 0.480 e. The molecule has 0 saturated heterocycles. The van der Waals surface area contributed by atoms with Crippen molar-refractivity contribution >= 4 is 44.5 Å². The Kier molecular flexibility index (Phi) is 6.64. The molecule has 2 atom stereocenters. The second-order valence-corrected chi connectivity index (χ2v) is 7.35. The van der Waals surface area contributed by atoms with Crippen LogP contribution < -0.4 is 10.6 Å². The molecule has 4 N–H and O–H groups in total. The Morgan fingerprint density at radius 1 is 1.12 bits per heavy atom. The van der Waals surface area contributed by atoms with E-state index in [0.717, 1.165) is 10.2 Å². The standard InChI is InChI=1S/C17H21N3O5S/c1-9(2)7-11(15(22)23)18-12(16(24)25)8-14(21)20-17-19-10-5-3-4-6-13(10)26-17/h3-6,9,11-12,18H,7-8H2,1-2H3,(H,22,23)(H,24,25)(H,19,20,21)/t11-,12?/m0/s1. The van der Waals surface area contributed by atoms with Gasteiger partial charge < -0.3 is 15.5 Å². The lowest BCUT2D eigenvalue weighted by Gasteiger charge is -2.21. The van der Waals surface area contributed by atoms with Gasteiger partial charge in [-0.15, -0.1) is 0 Å². The Bertz CT molecular complexity index is 772. The second kappa shape index (κ2) is 8.72. The zero-order valence-electron chi connectivity index (χ0n) is 14.4. The average molecular weight is 379 g/mol. The van der Waals surface area contributed by atoms with Gasteiger partial charge in [0.2, 0.25) is 5.91 Å². The van der Waals surface area contributed by atoms with Crippen LogP contribution in [0.1, 0.15) is 26.7 Å². The van der Waals surface area contributed by atoms with Gasteiger partial charge in [0.1, 0.15) is 12.1 Å². The van der Waals surface area contributed by atoms with Crippen LogP contribution in [-0.2, 0) is 14.4 Å². The van der Waals surface area contributed by atoms with Gasteiger partial charge in [0.15, 0.2) is 5.13 Å². The molecule has 0 fully saturated rings. The van der Waals surface area contributed by atoms with Crippen LogP contribution in [0.25, 0.3) is 10.2 Å². The number of hydrogen-bond donors (Lipinski definition) is 4. The number of hydrogen-bond acceptors (Lipinski definition) is 6. The van der Waals surface area contributed by atoms with E-state index >= 15 is 0 Å². The van der Waals surface area contributed by atoms with E-state index in [1.54, 1.807) is 0 Å². The number of carboxylic acids is 2. The number of carboxylic acid groups (broad SMARTS) is 2. The summed E-state index contributed by atoms with van der Waals surface area (Å²) in [7, 11) is 0. The Labute approximate surface area is 154 Å². The first-order valence-corrected chi connectivity index (χ1v) is 8.95. The highest BCUT2D eigenvalue weighted by Crippen LogP contribution is 2.25. The van der Waals surface area contributed by atoms with Gasteiger partial charge in [0.05, 0.1) is 16.6 Å². The highest BCUT2D eigenvalue weighted by molar-refractivity contribution is 7.22. The summed E-state index contributed by atoms with van der Waals surface area (Å²) in [6.45, 7) is 3.68. The third kappa shape index (κ3) is 5.50. The summed E-state index contributed by atoms with van der Waals surface area (Å²) >= 11 is 1.28. The molecule has 1 unspecified atom stereocenters. The lowest BCUT2D eigenvalue weighted by molar-refractivity contribution is -0.144. The maximum atomic E-state index is 12.2. The van der Waals surface area contributed by atoms with Gasteiger partial charge in [0.25, 0.3) is 0 Å². The van der Waals surface area contributed by atoms with Crippen LogP contribution >= 0.6 is 11.3 Å². The van der Waals surface area contributed by atoms with Gasteiger partial charge in [-0.05, 0) is 24.5 Å². The van der Waals surface area contributed by atoms with Gasteiger partial charge in [0, 0.05) is 0 Å². The Morgan fingerprint density at radius 3 is 2.35 bits per heavy atom. The van der Waals surface area contributed by atoms with Gasteiger partial charge in [-0.1, -0.05) is 37.3 Å². The molecule has 0 aliphatic heterocycles. The van der Waals surface area contributed by atoms with Crippen molar-refractivity contribution in [3.8, 4) is 0 Å². The molecule has 0 spiro atoms. The van der Waals surface area contributed by atoms with E-state index in [1.807, 2.05) is 38.1 Å². The molecular weight excluding hydrogens is 358 g/mol. The van der Waals surface area contributed by atoms with Crippen LogP contribution in [-0.4, -0.2) is 45.1 Å². The zero-order chi connectivity index (χ0) is 19.3. The van der Waals surface area contributed by atoms with Crippen LogP contribution in [0.2, 0.25) is 0 Å². The van der Waals surface area contributed by atoms with Crippen molar-refractivity contribution in [2.45, 2.75) is 38.8 Å². The third-order valence-corrected chi connectivity index (χ3v) is 4.59. The molecule has 0 aliphatic rings. The summed E-state index contributed by atoms with van der Waals surface area (Å²) < 4.78 is 0.901. The number of nitrogens with zero attached hydrogens (tertiary/aromatic N) is 1. The summed E-state index contributed by atoms with van der Waals surface area (Å²) in [5.74, 6) is -2.90. The summed E-state index contributed by atoms with van der Waals surface area (Å²) in [6.07, 6.45) is -0.133. The fourth-order valence-electron chi connectivity index (χ4n) is 2.45. The predicted molar refractivity (Wildman–Crippen MR) is 98.3 cm³/mol. The highest BCUT2D eigenvalue weighted by Gasteiger charge is 2.28. The maximum absolute atomic E-state index is 12.2. The molecule has 0 bridgehead atoms. The van der Waals surface area contributed by atoms with E-state index in [4.69, 9.17) is 0 Å². The van der Waals surface area contributed by atoms with Crippen molar-refractivity contribution < 1.29 is 24.6 Å². The minimum absolute atomic E-state index is 0.0645. The topological polar surface area (TPSA) is 129 Å². The Balaban J connectivity index is 2.02. The average Bonchev–Trinajstić information content (AvgIpc) is 2.94. The molecule has 2 rings (SSSR count). The number of aliphatic carboxylic acids is 2. The number of amides is 1. The fourth-order valence-corrected chi connectivity index (χ4v) is 3.34. The van der Waals surface area contributed by atoms with Crippen LogP contribution in [0.4, 0.5) is 5.13 Å². The predicted octanol–water partition coefficient (Wildman–Crippen LogP) is 2.17. The number of rotatable bonds is 9. The molecule has 0 radical (unpaired) electrons. The molecule has 1 aromatic carbocycles. The van der Waals surface area contributed by atoms with Gasteiger partial charge in [-0.3, -0.25) is 19.7 Å². The number of fused-ring (bicyclic) bond motifs is 1. The number of anilines is 1. The zero-order valence-corrected chi connectivity index (χ0v) is 15.2. The smallest absolute Gasteiger partial charge is 0.321 e. The fraction of sp³-hybridized carbons (Fsp3) is 0.412. The van der Waals surface area contributed by atoms with Crippen LogP contribution in [0, 0.1) is 5.92 Å². The Morgan fingerprint density at radius 2 is 1.77 bits per heavy atom. The lowest BCUT2D eigenvalue weighted by atomic mass is 10.0. The summed E-state index contributed by atoms with van der Waals surface area (Å²) in [5, 5.41) is 24.1. The number of aromatic nitrogens is 1. The van der Waals surface area contributed by atoms with Crippen molar-refractivity contribution in [1.82, 2.24) is 10.3 Å². The number of carbonyl (C=O) groups excluding carboxylic acids is 1. The SMILES string of the molecule is CC(C)C[C@H](NC(CC(=O)Nc1nc2ccccc2s1)C(=O)O)C(=O)O. The number of carbonyl (C=O) groups is 3. The van der Waals surface area contributed by atoms with E-state index in [2.05, 4.69) is 15.6 Å². The molecule has 26 heavy (non-hydrogen) atoms. The molecule has 9 heteroatoms. The van der Waals surface area contributed by atoms with Crippen molar-refractivity contribution in [2.24, 2.45) is 5.92 Å². The van der Waals surface area contributed by atoms with Gasteiger partial charge >= 0.3 is 11.9 Å². The molecule has 1 amide bonds. The number of benzene rings is 1. The normalized spacial score (nSPS) is 13.5. The van der Waals surface area contributed by atoms with E-state index in [0.29, 0.717) is 5.13 Å². The second-order valence-electron chi connectivity index (χ2n) is 6.32. The molecule has 140 valence electrons. The molecular formula is C17H21N3O5S. The summed E-state index contributed by atoms with van der Waals surface area (Å²) in [4.78, 5) is 39.2. The van der Waals surface area contributed by atoms with Crippen molar-refractivity contribution in [1.29, 1.82) is 0 Å². The van der Waals surface area contributed by atoms with Crippen molar-refractivity contribution in [3.63, 3.8) is 0 Å². The van der Waals surface area contributed by atoms with E-state index in [1.165, 1.54) is 11.3 Å². The Hall–Kier alpha value is -2.52. The summed E-state index contributed by atoms with van der Waals surface area (Å²) in [5.41, 5.74) is 0.739. The quantitative estimate of drug-likeness (QED) is 0.525. The number of para-hydroxylation sites is 1.